The number of benzene rings is 1. The summed E-state index contributed by atoms with van der Waals surface area (Å²) in [6.45, 7) is 1.66. The van der Waals surface area contributed by atoms with Gasteiger partial charge in [0.05, 0.1) is 30.6 Å². The van der Waals surface area contributed by atoms with Crippen LogP contribution in [0.1, 0.15) is 24.8 Å². The van der Waals surface area contributed by atoms with Gasteiger partial charge in [-0.25, -0.2) is 0 Å². The molecule has 1 N–H and O–H groups in total. The maximum absolute atomic E-state index is 13.9. The Morgan fingerprint density at radius 1 is 1.24 bits per heavy atom. The molecule has 1 aromatic rings. The second kappa shape index (κ2) is 4.91. The molecule has 7 heteroatoms. The van der Waals surface area contributed by atoms with Crippen LogP contribution >= 0.6 is 0 Å². The van der Waals surface area contributed by atoms with E-state index in [9.17, 15) is 14.7 Å². The number of epoxide rings is 1. The molecule has 152 valence electrons. The largest absolute Gasteiger partial charge is 0.386 e. The Labute approximate surface area is 168 Å². The molecule has 1 amide bonds. The Bertz CT molecular complexity index is 982. The highest BCUT2D eigenvalue weighted by molar-refractivity contribution is 6.06. The molecule has 6 fully saturated rings. The molecule has 7 aliphatic rings. The molecular weight excluding hydrogens is 372 g/mol. The summed E-state index contributed by atoms with van der Waals surface area (Å²) in [6.07, 6.45) is 0.321. The number of anilines is 1. The second-order valence-electron chi connectivity index (χ2n) is 9.81. The van der Waals surface area contributed by atoms with E-state index in [0.717, 1.165) is 11.3 Å². The molecule has 0 radical (unpaired) electrons. The molecule has 4 bridgehead atoms. The molecule has 5 saturated heterocycles. The van der Waals surface area contributed by atoms with Gasteiger partial charge in [-0.3, -0.25) is 9.59 Å². The zero-order valence-electron chi connectivity index (χ0n) is 16.3. The first-order valence-electron chi connectivity index (χ1n) is 10.6. The van der Waals surface area contributed by atoms with Crippen molar-refractivity contribution in [1.29, 1.82) is 0 Å². The summed E-state index contributed by atoms with van der Waals surface area (Å²) >= 11 is 0. The maximum atomic E-state index is 13.9. The quantitative estimate of drug-likeness (QED) is 0.633. The molecule has 1 saturated carbocycles. The molecular formula is C22H24N2O5. The number of para-hydroxylation sites is 1. The van der Waals surface area contributed by atoms with Crippen molar-refractivity contribution in [3.05, 3.63) is 29.8 Å². The van der Waals surface area contributed by atoms with Crippen LogP contribution in [-0.4, -0.2) is 77.9 Å². The van der Waals surface area contributed by atoms with Crippen LogP contribution in [0.15, 0.2) is 24.3 Å². The standard InChI is InChI=1S/C22H24N2O5/c1-23-7-6-20-12-4-2-3-5-13(12)24-17(26)8-14-18(19(20)24)21(27,9-15(20)25)22(11-23)16(29-22)10-28-14/h2-5,14,16,18-19,27H,6-11H2,1H3. The van der Waals surface area contributed by atoms with Crippen LogP contribution in [0.3, 0.4) is 0 Å². The van der Waals surface area contributed by atoms with E-state index in [-0.39, 0.29) is 42.7 Å². The van der Waals surface area contributed by atoms with E-state index in [1.165, 1.54) is 0 Å². The van der Waals surface area contributed by atoms with Gasteiger partial charge < -0.3 is 24.4 Å². The molecule has 29 heavy (non-hydrogen) atoms. The molecule has 6 aliphatic heterocycles. The van der Waals surface area contributed by atoms with Crippen molar-refractivity contribution < 1.29 is 24.2 Å². The molecule has 7 atom stereocenters. The number of likely N-dealkylation sites (N-methyl/N-ethyl adjacent to an activating group) is 1. The van der Waals surface area contributed by atoms with Gasteiger partial charge in [0, 0.05) is 24.6 Å². The van der Waals surface area contributed by atoms with Crippen molar-refractivity contribution in [3.63, 3.8) is 0 Å². The van der Waals surface area contributed by atoms with E-state index in [2.05, 4.69) is 4.90 Å². The molecule has 7 unspecified atom stereocenters. The van der Waals surface area contributed by atoms with E-state index >= 15 is 0 Å². The highest BCUT2D eigenvalue weighted by Crippen LogP contribution is 2.66. The molecule has 7 nitrogen and oxygen atoms in total. The van der Waals surface area contributed by atoms with Gasteiger partial charge in [-0.1, -0.05) is 18.2 Å². The second-order valence-corrected chi connectivity index (χ2v) is 9.81. The molecule has 1 aromatic carbocycles. The number of hydrogen-bond donors (Lipinski definition) is 1. The summed E-state index contributed by atoms with van der Waals surface area (Å²) < 4.78 is 12.3. The van der Waals surface area contributed by atoms with Gasteiger partial charge in [0.2, 0.25) is 5.91 Å². The first-order chi connectivity index (χ1) is 13.9. The first kappa shape index (κ1) is 16.9. The fourth-order valence-corrected chi connectivity index (χ4v) is 7.47. The molecule has 2 spiro atoms. The van der Waals surface area contributed by atoms with Gasteiger partial charge in [0.25, 0.3) is 0 Å². The third-order valence-electron chi connectivity index (χ3n) is 8.69. The Morgan fingerprint density at radius 2 is 2.07 bits per heavy atom. The summed E-state index contributed by atoms with van der Waals surface area (Å²) in [5.74, 6) is -0.319. The van der Waals surface area contributed by atoms with E-state index < -0.39 is 22.7 Å². The van der Waals surface area contributed by atoms with Gasteiger partial charge in [0.15, 0.2) is 0 Å². The Balaban J connectivity index is 1.56. The number of nitrogens with zero attached hydrogens (tertiary/aromatic N) is 2. The Kier molecular flexibility index (Phi) is 2.87. The van der Waals surface area contributed by atoms with Crippen LogP contribution in [0, 0.1) is 5.92 Å². The number of hydrogen-bond acceptors (Lipinski definition) is 6. The van der Waals surface area contributed by atoms with Gasteiger partial charge in [-0.05, 0) is 31.6 Å². The predicted molar refractivity (Wildman–Crippen MR) is 102 cm³/mol. The van der Waals surface area contributed by atoms with Gasteiger partial charge in [0.1, 0.15) is 23.1 Å². The number of fused-ring (bicyclic) bond motifs is 6. The average Bonchev–Trinajstić information content (AvgIpc) is 3.31. The molecule has 1 aliphatic carbocycles. The summed E-state index contributed by atoms with van der Waals surface area (Å²) in [7, 11) is 2.03. The van der Waals surface area contributed by atoms with Crippen LogP contribution in [-0.2, 0) is 24.5 Å². The number of carbonyl (C=O) groups is 2. The number of piperidine rings is 1. The number of ketones is 1. The number of Topliss-reactive ketones (excluding diaryl/α,β-unsaturated/α-hetero) is 1. The number of carbonyl (C=O) groups excluding carboxylic acids is 2. The van der Waals surface area contributed by atoms with Gasteiger partial charge >= 0.3 is 0 Å². The summed E-state index contributed by atoms with van der Waals surface area (Å²) in [5, 5.41) is 12.2. The van der Waals surface area contributed by atoms with Crippen LogP contribution in [0.2, 0.25) is 0 Å². The number of ether oxygens (including phenoxy) is 2. The average molecular weight is 396 g/mol. The summed E-state index contributed by atoms with van der Waals surface area (Å²) in [6, 6.07) is 7.40. The van der Waals surface area contributed by atoms with E-state index in [4.69, 9.17) is 9.47 Å². The van der Waals surface area contributed by atoms with Crippen LogP contribution in [0.5, 0.6) is 0 Å². The minimum absolute atomic E-state index is 0.0132. The van der Waals surface area contributed by atoms with Crippen LogP contribution in [0.4, 0.5) is 5.69 Å². The molecule has 0 aromatic heterocycles. The third kappa shape index (κ3) is 1.66. The van der Waals surface area contributed by atoms with Crippen molar-refractivity contribution in [2.45, 2.75) is 54.1 Å². The minimum Gasteiger partial charge on any atom is -0.386 e. The normalized spacial score (nSPS) is 49.7. The lowest BCUT2D eigenvalue weighted by atomic mass is 9.52. The fourth-order valence-electron chi connectivity index (χ4n) is 7.47. The van der Waals surface area contributed by atoms with E-state index in [1.807, 2.05) is 36.2 Å². The zero-order chi connectivity index (χ0) is 19.8. The number of rotatable bonds is 0. The lowest BCUT2D eigenvalue weighted by Gasteiger charge is -2.57. The van der Waals surface area contributed by atoms with Gasteiger partial charge in [-0.15, -0.1) is 0 Å². The number of aliphatic hydroxyl groups is 1. The SMILES string of the molecule is CN1CCC23C(=O)CC4(O)C5C(CC(=O)N(c6ccccc62)C53)OCC2OC24C1. The molecule has 6 heterocycles. The van der Waals surface area contributed by atoms with Crippen molar-refractivity contribution in [2.75, 3.05) is 31.6 Å². The highest BCUT2D eigenvalue weighted by atomic mass is 16.7. The molecule has 8 rings (SSSR count). The Morgan fingerprint density at radius 3 is 2.93 bits per heavy atom. The van der Waals surface area contributed by atoms with Gasteiger partial charge in [-0.2, -0.15) is 0 Å². The minimum atomic E-state index is -1.33. The first-order valence-corrected chi connectivity index (χ1v) is 10.6. The zero-order valence-corrected chi connectivity index (χ0v) is 16.3. The Hall–Kier alpha value is -1.80. The predicted octanol–water partition coefficient (Wildman–Crippen LogP) is 0.235. The van der Waals surface area contributed by atoms with Crippen molar-refractivity contribution in [2.24, 2.45) is 5.92 Å². The van der Waals surface area contributed by atoms with Crippen LogP contribution in [0.25, 0.3) is 0 Å². The lowest BCUT2D eigenvalue weighted by molar-refractivity contribution is -0.182. The highest BCUT2D eigenvalue weighted by Gasteiger charge is 2.81. The smallest absolute Gasteiger partial charge is 0.229 e. The fraction of sp³-hybridized carbons (Fsp3) is 0.636. The van der Waals surface area contributed by atoms with Crippen LogP contribution < -0.4 is 4.90 Å². The van der Waals surface area contributed by atoms with E-state index in [0.29, 0.717) is 26.1 Å². The van der Waals surface area contributed by atoms with E-state index in [1.54, 1.807) is 0 Å². The monoisotopic (exact) mass is 396 g/mol. The van der Waals surface area contributed by atoms with Crippen molar-refractivity contribution in [1.82, 2.24) is 4.90 Å². The maximum Gasteiger partial charge on any atom is 0.229 e. The lowest BCUT2D eigenvalue weighted by Crippen LogP contribution is -2.74. The number of amides is 1. The summed E-state index contributed by atoms with van der Waals surface area (Å²) in [5.41, 5.74) is -1.15. The topological polar surface area (TPSA) is 82.6 Å². The van der Waals surface area contributed by atoms with Crippen molar-refractivity contribution >= 4 is 17.4 Å². The third-order valence-corrected chi connectivity index (χ3v) is 8.69. The summed E-state index contributed by atoms with van der Waals surface area (Å²) in [4.78, 5) is 31.2. The van der Waals surface area contributed by atoms with Crippen molar-refractivity contribution in [3.8, 4) is 0 Å².